The van der Waals surface area contributed by atoms with Crippen LogP contribution in [0.3, 0.4) is 0 Å². The molecular weight excluding hydrogens is 929 g/mol. The summed E-state index contributed by atoms with van der Waals surface area (Å²) in [7, 11) is 23.7. The van der Waals surface area contributed by atoms with Crippen molar-refractivity contribution in [2.75, 3.05) is 114 Å². The zero-order chi connectivity index (χ0) is 55.5. The van der Waals surface area contributed by atoms with Gasteiger partial charge in [0.2, 0.25) is 11.7 Å². The van der Waals surface area contributed by atoms with Crippen molar-refractivity contribution in [3.8, 4) is 11.4 Å². The van der Waals surface area contributed by atoms with Crippen molar-refractivity contribution in [1.29, 1.82) is 10.8 Å². The summed E-state index contributed by atoms with van der Waals surface area (Å²) in [6.07, 6.45) is 0. The van der Waals surface area contributed by atoms with Crippen LogP contribution in [-0.4, -0.2) is 117 Å². The topological polar surface area (TPSA) is 247 Å². The van der Waals surface area contributed by atoms with Gasteiger partial charge in [0.1, 0.15) is 11.7 Å². The van der Waals surface area contributed by atoms with Crippen LogP contribution in [0.5, 0.6) is 0 Å². The van der Waals surface area contributed by atoms with Gasteiger partial charge in [-0.2, -0.15) is 4.98 Å². The van der Waals surface area contributed by atoms with Crippen molar-refractivity contribution in [3.05, 3.63) is 185 Å². The zero-order valence-electron chi connectivity index (χ0n) is 45.2. The fraction of sp³-hybridized carbons (Fsp3) is 0.250. The molecule has 1 heterocycles. The van der Waals surface area contributed by atoms with E-state index in [0.717, 1.165) is 45.1 Å². The van der Waals surface area contributed by atoms with Crippen LogP contribution < -0.4 is 52.3 Å². The average molecular weight is 1010 g/mol. The number of nitrogens with zero attached hydrogens (tertiary/aromatic N) is 10. The van der Waals surface area contributed by atoms with Gasteiger partial charge in [-0.3, -0.25) is 10.8 Å². The van der Waals surface area contributed by atoms with Crippen LogP contribution in [0.15, 0.2) is 155 Å². The number of hydrogen-bond donors (Lipinski definition) is 7. The molecule has 0 spiro atoms. The SMILES string of the molecule is CN(C)c1cccc(C(=N)N)c1.CN(C)c1cccc(C(=N)N)c1.CN(C)c1cccc(C(N)=NO)c1.CN(C)c1cccc(CN)c1.Cc1nc(-c2cccc(N(C)C)c2)no1.[C-]#[N+]c1cccc(N(C)C)c1. The van der Waals surface area contributed by atoms with Gasteiger partial charge in [0.25, 0.3) is 0 Å². The monoisotopic (exact) mass is 1000 g/mol. The number of benzene rings is 6. The number of anilines is 6. The Morgan fingerprint density at radius 1 is 0.541 bits per heavy atom. The van der Waals surface area contributed by atoms with Gasteiger partial charge >= 0.3 is 0 Å². The number of rotatable bonds is 11. The maximum absolute atomic E-state index is 8.47. The van der Waals surface area contributed by atoms with Crippen molar-refractivity contribution in [2.45, 2.75) is 13.5 Å². The van der Waals surface area contributed by atoms with Crippen molar-refractivity contribution in [1.82, 2.24) is 10.1 Å². The first kappa shape index (κ1) is 61.0. The Bertz CT molecular complexity index is 2820. The Labute approximate surface area is 438 Å². The zero-order valence-corrected chi connectivity index (χ0v) is 45.2. The number of hydrogen-bond acceptors (Lipinski definition) is 14. The minimum Gasteiger partial charge on any atom is -0.409 e. The summed E-state index contributed by atoms with van der Waals surface area (Å²) in [6.45, 7) is 9.18. The van der Waals surface area contributed by atoms with E-state index >= 15 is 0 Å². The summed E-state index contributed by atoms with van der Waals surface area (Å²) in [5.41, 5.74) is 33.2. The average Bonchev–Trinajstić information content (AvgIpc) is 3.85. The molecule has 0 aliphatic heterocycles. The van der Waals surface area contributed by atoms with Crippen LogP contribution in [0.2, 0.25) is 0 Å². The molecule has 18 nitrogen and oxygen atoms in total. The summed E-state index contributed by atoms with van der Waals surface area (Å²) in [4.78, 5) is 19.5. The van der Waals surface area contributed by atoms with Gasteiger partial charge in [-0.15, -0.1) is 0 Å². The largest absolute Gasteiger partial charge is 0.409 e. The molecule has 0 amide bonds. The van der Waals surface area contributed by atoms with Gasteiger partial charge in [0.15, 0.2) is 11.5 Å². The second-order valence-corrected chi connectivity index (χ2v) is 17.5. The number of nitrogen functional groups attached to an aromatic ring is 2. The fourth-order valence-corrected chi connectivity index (χ4v) is 6.05. The molecule has 392 valence electrons. The maximum Gasteiger partial charge on any atom is 0.223 e. The fourth-order valence-electron chi connectivity index (χ4n) is 6.05. The van der Waals surface area contributed by atoms with E-state index in [1.165, 1.54) is 11.3 Å². The Morgan fingerprint density at radius 2 is 0.905 bits per heavy atom. The van der Waals surface area contributed by atoms with Crippen molar-refractivity contribution >= 4 is 57.3 Å². The third-order valence-electron chi connectivity index (χ3n) is 10.4. The molecule has 0 radical (unpaired) electrons. The summed E-state index contributed by atoms with van der Waals surface area (Å²) < 4.78 is 4.94. The molecule has 11 N–H and O–H groups in total. The minimum absolute atomic E-state index is 0.110. The van der Waals surface area contributed by atoms with E-state index in [1.807, 2.05) is 230 Å². The lowest BCUT2D eigenvalue weighted by Crippen LogP contribution is -2.15. The maximum atomic E-state index is 8.47. The normalized spacial score (nSPS) is 9.93. The van der Waals surface area contributed by atoms with Gasteiger partial charge < -0.3 is 62.1 Å². The van der Waals surface area contributed by atoms with Crippen molar-refractivity contribution in [2.24, 2.45) is 28.1 Å². The number of nitrogens with one attached hydrogen (secondary N) is 2. The molecule has 0 fully saturated rings. The predicted molar refractivity (Wildman–Crippen MR) is 311 cm³/mol. The van der Waals surface area contributed by atoms with Crippen LogP contribution in [0, 0.1) is 24.3 Å². The van der Waals surface area contributed by atoms with Crippen molar-refractivity contribution in [3.63, 3.8) is 0 Å². The van der Waals surface area contributed by atoms with Crippen LogP contribution in [0.4, 0.5) is 39.8 Å². The van der Waals surface area contributed by atoms with E-state index in [4.69, 9.17) is 50.1 Å². The van der Waals surface area contributed by atoms with Crippen LogP contribution in [-0.2, 0) is 6.54 Å². The Kier molecular flexibility index (Phi) is 25.8. The van der Waals surface area contributed by atoms with Gasteiger partial charge in [-0.1, -0.05) is 83.1 Å². The molecule has 74 heavy (non-hydrogen) atoms. The number of amidine groups is 3. The van der Waals surface area contributed by atoms with Gasteiger partial charge in [0, 0.05) is 154 Å². The molecule has 0 atom stereocenters. The molecule has 0 bridgehead atoms. The summed E-state index contributed by atoms with van der Waals surface area (Å²) in [5.74, 6) is 1.57. The van der Waals surface area contributed by atoms with E-state index in [1.54, 1.807) is 19.1 Å². The third kappa shape index (κ3) is 21.5. The number of aromatic nitrogens is 2. The van der Waals surface area contributed by atoms with E-state index in [9.17, 15) is 0 Å². The first-order valence-electron chi connectivity index (χ1n) is 23.2. The molecule has 0 saturated carbocycles. The highest BCUT2D eigenvalue weighted by molar-refractivity contribution is 5.98. The Hall–Kier alpha value is -9.08. The minimum atomic E-state index is 0.110. The molecule has 0 aliphatic rings. The smallest absolute Gasteiger partial charge is 0.223 e. The molecule has 1 aromatic heterocycles. The molecule has 0 saturated heterocycles. The first-order chi connectivity index (χ1) is 35.0. The quantitative estimate of drug-likeness (QED) is 0.0211. The van der Waals surface area contributed by atoms with Crippen LogP contribution in [0.25, 0.3) is 16.2 Å². The standard InChI is InChI=1S/C11H13N3O.C9H13N3O.2C9H13N3.C9H10N2.C9H14N2/c1-8-12-11(13-15-8)9-5-4-6-10(7-9)14(2)3;1-12(2)8-5-3-4-7(6-8)9(10)11-13;2*1-12(2)8-5-3-4-7(6-8)9(10)11;1-10-8-5-4-6-9(7-8)11(2)3;1-11(2)9-5-3-4-8(6-9)7-10/h4-7H,1-3H3;3-6,13H,1-2H3,(H2,10,11);2*3-6H,1-2H3,(H3,10,11);4-7H,2-3H3;3-6H,7,10H2,1-2H3. The molecule has 7 rings (SSSR count). The second-order valence-electron chi connectivity index (χ2n) is 17.5. The number of oxime groups is 1. The van der Waals surface area contributed by atoms with E-state index in [-0.39, 0.29) is 17.5 Å². The predicted octanol–water partition coefficient (Wildman–Crippen LogP) is 8.55. The third-order valence-corrected chi connectivity index (χ3v) is 10.4. The summed E-state index contributed by atoms with van der Waals surface area (Å²) in [6, 6.07) is 46.4. The summed E-state index contributed by atoms with van der Waals surface area (Å²) >= 11 is 0. The molecule has 7 aromatic rings. The molecule has 18 heteroatoms. The lowest BCUT2D eigenvalue weighted by atomic mass is 10.2. The highest BCUT2D eigenvalue weighted by atomic mass is 16.5. The first-order valence-corrected chi connectivity index (χ1v) is 23.2. The highest BCUT2D eigenvalue weighted by Crippen LogP contribution is 2.22. The Balaban J connectivity index is 0.000000305. The number of nitrogens with two attached hydrogens (primary N) is 4. The molecule has 0 aliphatic carbocycles. The lowest BCUT2D eigenvalue weighted by Gasteiger charge is -2.12. The van der Waals surface area contributed by atoms with Crippen molar-refractivity contribution < 1.29 is 9.73 Å². The van der Waals surface area contributed by atoms with Gasteiger partial charge in [-0.25, -0.2) is 4.85 Å². The van der Waals surface area contributed by atoms with E-state index < -0.39 is 0 Å². The number of aryl methyl sites for hydroxylation is 1. The van der Waals surface area contributed by atoms with Crippen LogP contribution >= 0.6 is 0 Å². The molecule has 6 aromatic carbocycles. The molecular formula is C56H76N16O2. The molecule has 0 unspecified atom stereocenters. The highest BCUT2D eigenvalue weighted by Gasteiger charge is 2.07. The Morgan fingerprint density at radius 3 is 1.28 bits per heavy atom. The second kappa shape index (κ2) is 31.3. The van der Waals surface area contributed by atoms with Crippen LogP contribution in [0.1, 0.15) is 28.1 Å². The van der Waals surface area contributed by atoms with Gasteiger partial charge in [0.05, 0.1) is 6.57 Å². The lowest BCUT2D eigenvalue weighted by molar-refractivity contribution is 0.318. The van der Waals surface area contributed by atoms with E-state index in [0.29, 0.717) is 29.5 Å². The van der Waals surface area contributed by atoms with E-state index in [2.05, 4.69) is 37.2 Å². The van der Waals surface area contributed by atoms with Gasteiger partial charge in [-0.05, 0) is 78.4 Å². The summed E-state index contributed by atoms with van der Waals surface area (Å²) in [5, 5.41) is 29.7.